The molecule has 1 atom stereocenters. The lowest BCUT2D eigenvalue weighted by Crippen LogP contribution is -2.47. The van der Waals surface area contributed by atoms with Crippen molar-refractivity contribution >= 4 is 51.5 Å². The lowest BCUT2D eigenvalue weighted by Gasteiger charge is -2.37. The molecular weight excluding hydrogens is 740 g/mol. The molecule has 4 aliphatic rings. The Balaban J connectivity index is 0.810. The number of hydrogen-bond acceptors (Lipinski definition) is 10. The fourth-order valence-corrected chi connectivity index (χ4v) is 8.93. The molecule has 56 heavy (non-hydrogen) atoms. The second kappa shape index (κ2) is 13.9. The van der Waals surface area contributed by atoms with E-state index in [9.17, 15) is 14.4 Å². The number of piperidine rings is 1. The molecule has 9 rings (SSSR count). The highest BCUT2D eigenvalue weighted by atomic mass is 35.5. The Morgan fingerprint density at radius 3 is 2.23 bits per heavy atom. The van der Waals surface area contributed by atoms with E-state index in [0.717, 1.165) is 60.1 Å². The minimum Gasteiger partial charge on any atom is -0.369 e. The van der Waals surface area contributed by atoms with Crippen molar-refractivity contribution in [1.82, 2.24) is 29.7 Å². The monoisotopic (exact) mass is 779 g/mol. The molecule has 0 bridgehead atoms. The number of piperazine rings is 2. The molecule has 0 saturated carbocycles. The number of amides is 2. The van der Waals surface area contributed by atoms with Crippen LogP contribution in [0.25, 0.3) is 16.6 Å². The van der Waals surface area contributed by atoms with Crippen LogP contribution in [0.4, 0.5) is 26.0 Å². The van der Waals surface area contributed by atoms with Gasteiger partial charge in [0.15, 0.2) is 0 Å². The third-order valence-electron chi connectivity index (χ3n) is 11.8. The first-order valence-electron chi connectivity index (χ1n) is 18.9. The maximum atomic E-state index is 15.2. The van der Waals surface area contributed by atoms with Gasteiger partial charge in [0.1, 0.15) is 23.3 Å². The summed E-state index contributed by atoms with van der Waals surface area (Å²) in [6.45, 7) is 10.5. The number of fused-ring (bicyclic) bond motifs is 5. The minimum absolute atomic E-state index is 0.0475. The van der Waals surface area contributed by atoms with Crippen LogP contribution in [0.5, 0.6) is 0 Å². The number of anilines is 3. The third kappa shape index (κ3) is 6.24. The van der Waals surface area contributed by atoms with Crippen molar-refractivity contribution in [1.29, 1.82) is 0 Å². The zero-order chi connectivity index (χ0) is 38.9. The van der Waals surface area contributed by atoms with Gasteiger partial charge in [0.05, 0.1) is 51.0 Å². The van der Waals surface area contributed by atoms with Crippen LogP contribution in [0.1, 0.15) is 55.3 Å². The lowest BCUT2D eigenvalue weighted by atomic mass is 9.85. The number of rotatable bonds is 6. The normalized spacial score (nSPS) is 19.7. The molecule has 12 nitrogen and oxygen atoms in total. The fraction of sp³-hybridized carbons (Fsp3) is 0.366. The standard InChI is InChI=1S/C41H40ClF2N9O3/c1-41(2)28-8-6-25(20-33(28)53-32-5-3-4-29(42)37(32)39(56)48-40(41)53)50-12-10-49(11-13-50)23-24-21-46-34(22-45-24)52-16-14-51(15-17-52)26-18-30(43)36(31(44)19-26)27-7-9-35(54)47-38(27)55/h3-6,8,18-22,27H,7,9-17,23H2,1-2H3,(H,47,54,55). The highest BCUT2D eigenvalue weighted by molar-refractivity contribution is 6.35. The van der Waals surface area contributed by atoms with E-state index in [1.54, 1.807) is 12.3 Å². The summed E-state index contributed by atoms with van der Waals surface area (Å²) < 4.78 is 32.4. The molecule has 3 saturated heterocycles. The summed E-state index contributed by atoms with van der Waals surface area (Å²) >= 11 is 6.48. The second-order valence-electron chi connectivity index (χ2n) is 15.5. The molecule has 15 heteroatoms. The Hall–Kier alpha value is -5.47. The molecule has 0 spiro atoms. The largest absolute Gasteiger partial charge is 0.369 e. The number of carbonyl (C=O) groups is 2. The van der Waals surface area contributed by atoms with Crippen molar-refractivity contribution in [2.24, 2.45) is 0 Å². The van der Waals surface area contributed by atoms with E-state index < -0.39 is 34.8 Å². The summed E-state index contributed by atoms with van der Waals surface area (Å²) in [5, 5.41) is 3.01. The number of imide groups is 1. The first kappa shape index (κ1) is 36.2. The second-order valence-corrected chi connectivity index (χ2v) is 15.9. The zero-order valence-electron chi connectivity index (χ0n) is 31.1. The van der Waals surface area contributed by atoms with Crippen molar-refractivity contribution in [3.63, 3.8) is 0 Å². The van der Waals surface area contributed by atoms with Crippen LogP contribution in [-0.2, 0) is 21.5 Å². The van der Waals surface area contributed by atoms with E-state index in [-0.39, 0.29) is 24.0 Å². The van der Waals surface area contributed by atoms with Gasteiger partial charge in [0, 0.05) is 82.3 Å². The summed E-state index contributed by atoms with van der Waals surface area (Å²) in [6.07, 6.45) is 3.74. The van der Waals surface area contributed by atoms with Crippen molar-refractivity contribution in [3.8, 4) is 5.69 Å². The van der Waals surface area contributed by atoms with E-state index in [1.807, 2.05) is 23.2 Å². The van der Waals surface area contributed by atoms with Crippen LogP contribution < -0.4 is 25.6 Å². The number of carbonyl (C=O) groups excluding carboxylic acids is 2. The van der Waals surface area contributed by atoms with Crippen molar-refractivity contribution in [2.45, 2.75) is 44.6 Å². The van der Waals surface area contributed by atoms with Gasteiger partial charge in [-0.1, -0.05) is 23.7 Å². The molecule has 3 fully saturated rings. The van der Waals surface area contributed by atoms with Gasteiger partial charge in [-0.3, -0.25) is 34.2 Å². The average Bonchev–Trinajstić information content (AvgIpc) is 3.41. The summed E-state index contributed by atoms with van der Waals surface area (Å²) in [7, 11) is 0. The number of hydrogen-bond donors (Lipinski definition) is 1. The van der Waals surface area contributed by atoms with Gasteiger partial charge in [-0.25, -0.2) is 13.8 Å². The molecule has 1 unspecified atom stereocenters. The van der Waals surface area contributed by atoms with Gasteiger partial charge in [-0.2, -0.15) is 4.98 Å². The number of benzene rings is 3. The van der Waals surface area contributed by atoms with E-state index in [0.29, 0.717) is 54.6 Å². The lowest BCUT2D eigenvalue weighted by molar-refractivity contribution is -0.134. The highest BCUT2D eigenvalue weighted by Gasteiger charge is 2.39. The van der Waals surface area contributed by atoms with Gasteiger partial charge in [0.25, 0.3) is 5.56 Å². The number of aromatic nitrogens is 4. The van der Waals surface area contributed by atoms with Crippen LogP contribution in [0.15, 0.2) is 65.7 Å². The van der Waals surface area contributed by atoms with Crippen LogP contribution >= 0.6 is 11.6 Å². The molecule has 288 valence electrons. The van der Waals surface area contributed by atoms with Crippen molar-refractivity contribution in [3.05, 3.63) is 111 Å². The van der Waals surface area contributed by atoms with Crippen molar-refractivity contribution < 1.29 is 18.4 Å². The van der Waals surface area contributed by atoms with Gasteiger partial charge >= 0.3 is 0 Å². The molecule has 0 radical (unpaired) electrons. The Labute approximate surface area is 326 Å². The molecule has 0 aliphatic carbocycles. The maximum Gasteiger partial charge on any atom is 0.282 e. The van der Waals surface area contributed by atoms with E-state index in [2.05, 4.69) is 61.6 Å². The Kier molecular flexibility index (Phi) is 9.00. The zero-order valence-corrected chi connectivity index (χ0v) is 31.8. The molecule has 6 heterocycles. The summed E-state index contributed by atoms with van der Waals surface area (Å²) in [6, 6.07) is 14.6. The molecular formula is C41H40ClF2N9O3. The molecule has 2 amide bonds. The van der Waals surface area contributed by atoms with Crippen LogP contribution in [-0.4, -0.2) is 88.6 Å². The first-order valence-corrected chi connectivity index (χ1v) is 19.3. The van der Waals surface area contributed by atoms with Gasteiger partial charge in [0.2, 0.25) is 11.8 Å². The highest BCUT2D eigenvalue weighted by Crippen LogP contribution is 2.44. The molecule has 2 aromatic heterocycles. The molecule has 3 aromatic carbocycles. The predicted molar refractivity (Wildman–Crippen MR) is 210 cm³/mol. The van der Waals surface area contributed by atoms with E-state index in [1.165, 1.54) is 12.1 Å². The quantitative estimate of drug-likeness (QED) is 0.238. The maximum absolute atomic E-state index is 15.2. The minimum atomic E-state index is -1.02. The summed E-state index contributed by atoms with van der Waals surface area (Å²) in [4.78, 5) is 59.5. The van der Waals surface area contributed by atoms with E-state index in [4.69, 9.17) is 21.6 Å². The van der Waals surface area contributed by atoms with E-state index >= 15 is 8.78 Å². The Bertz CT molecular complexity index is 2440. The fourth-order valence-electron chi connectivity index (χ4n) is 8.68. The van der Waals surface area contributed by atoms with Crippen LogP contribution in [0.2, 0.25) is 5.02 Å². The van der Waals surface area contributed by atoms with Crippen LogP contribution in [0, 0.1) is 11.6 Å². The molecule has 5 aromatic rings. The average molecular weight is 780 g/mol. The SMILES string of the molecule is CC1(C)c2ccc(N3CCN(Cc4cnc(N5CCN(c6cc(F)c(C7CCC(=O)NC7=O)c(F)c6)CC5)cn4)CC3)cc2-n2c1nc(=O)c1c(Cl)cccc12. The number of nitrogens with one attached hydrogen (secondary N) is 1. The predicted octanol–water partition coefficient (Wildman–Crippen LogP) is 4.92. The molecule has 4 aliphatic heterocycles. The Morgan fingerprint density at radius 1 is 0.839 bits per heavy atom. The number of nitrogens with zero attached hydrogens (tertiary/aromatic N) is 8. The molecule has 1 N–H and O–H groups in total. The smallest absolute Gasteiger partial charge is 0.282 e. The Morgan fingerprint density at radius 2 is 1.54 bits per heavy atom. The van der Waals surface area contributed by atoms with Gasteiger partial charge < -0.3 is 14.7 Å². The van der Waals surface area contributed by atoms with Gasteiger partial charge in [-0.05, 0) is 62.2 Å². The first-order chi connectivity index (χ1) is 27.0. The topological polar surface area (TPSA) is 120 Å². The van der Waals surface area contributed by atoms with Crippen LogP contribution in [0.3, 0.4) is 0 Å². The van der Waals surface area contributed by atoms with Crippen molar-refractivity contribution in [2.75, 3.05) is 67.1 Å². The summed E-state index contributed by atoms with van der Waals surface area (Å²) in [5.74, 6) is -2.22. The number of halogens is 3. The third-order valence-corrected chi connectivity index (χ3v) is 12.1. The van der Waals surface area contributed by atoms with Gasteiger partial charge in [-0.15, -0.1) is 0 Å². The summed E-state index contributed by atoms with van der Waals surface area (Å²) in [5.41, 5.74) is 4.27.